The number of pyridine rings is 1. The Labute approximate surface area is 148 Å². The molecule has 0 saturated carbocycles. The monoisotopic (exact) mass is 342 g/mol. The van der Waals surface area contributed by atoms with Gasteiger partial charge in [-0.1, -0.05) is 18.2 Å². The van der Waals surface area contributed by atoms with E-state index in [2.05, 4.69) is 16.4 Å². The van der Waals surface area contributed by atoms with Crippen molar-refractivity contribution in [1.82, 2.24) is 9.38 Å². The number of nitriles is 1. The fourth-order valence-electron chi connectivity index (χ4n) is 3.04. The molecule has 2 aromatic carbocycles. The summed E-state index contributed by atoms with van der Waals surface area (Å²) in [6.07, 6.45) is 1.56. The Kier molecular flexibility index (Phi) is 3.55. The van der Waals surface area contributed by atoms with Crippen LogP contribution in [0.3, 0.4) is 0 Å². The molecule has 0 saturated heterocycles. The van der Waals surface area contributed by atoms with Gasteiger partial charge in [0.15, 0.2) is 5.65 Å². The Hall–Kier alpha value is -3.85. The molecule has 0 atom stereocenters. The molecule has 0 aliphatic carbocycles. The van der Waals surface area contributed by atoms with Crippen molar-refractivity contribution in [3.05, 3.63) is 75.2 Å². The summed E-state index contributed by atoms with van der Waals surface area (Å²) in [5.74, 6) is 0.122. The summed E-state index contributed by atoms with van der Waals surface area (Å²) in [5.41, 5.74) is 3.01. The average molecular weight is 342 g/mol. The number of aromatic hydroxyl groups is 1. The minimum absolute atomic E-state index is 0.122. The lowest BCUT2D eigenvalue weighted by molar-refractivity contribution is 0.475. The zero-order valence-corrected chi connectivity index (χ0v) is 13.9. The van der Waals surface area contributed by atoms with Crippen LogP contribution in [0.15, 0.2) is 53.3 Å². The molecule has 4 rings (SSSR count). The second-order valence-electron chi connectivity index (χ2n) is 5.93. The van der Waals surface area contributed by atoms with E-state index in [1.807, 2.05) is 18.2 Å². The highest BCUT2D eigenvalue weighted by atomic mass is 16.3. The van der Waals surface area contributed by atoms with Gasteiger partial charge in [-0.25, -0.2) is 4.98 Å². The van der Waals surface area contributed by atoms with Gasteiger partial charge in [0, 0.05) is 18.0 Å². The van der Waals surface area contributed by atoms with Gasteiger partial charge in [0.25, 0.3) is 5.56 Å². The summed E-state index contributed by atoms with van der Waals surface area (Å²) >= 11 is 0. The molecule has 0 unspecified atom stereocenters. The average Bonchev–Trinajstić information content (AvgIpc) is 3.01. The van der Waals surface area contributed by atoms with E-state index in [1.54, 1.807) is 43.5 Å². The predicted octanol–water partition coefficient (Wildman–Crippen LogP) is 2.30. The Morgan fingerprint density at radius 2 is 2.04 bits per heavy atom. The second kappa shape index (κ2) is 5.90. The molecule has 26 heavy (non-hydrogen) atoms. The highest BCUT2D eigenvalue weighted by Crippen LogP contribution is 2.18. The van der Waals surface area contributed by atoms with Crippen LogP contribution >= 0.6 is 0 Å². The van der Waals surface area contributed by atoms with Crippen molar-refractivity contribution >= 4 is 28.6 Å². The first-order valence-corrected chi connectivity index (χ1v) is 8.00. The predicted molar refractivity (Wildman–Crippen MR) is 99.8 cm³/mol. The Morgan fingerprint density at radius 3 is 2.81 bits per heavy atom. The van der Waals surface area contributed by atoms with Crippen molar-refractivity contribution in [2.75, 3.05) is 5.32 Å². The summed E-state index contributed by atoms with van der Waals surface area (Å²) in [5, 5.41) is 22.6. The first kappa shape index (κ1) is 15.7. The number of imidazole rings is 1. The third-order valence-corrected chi connectivity index (χ3v) is 4.34. The standard InChI is InChI=1S/C20H14N4O2/c1-12-15(10-21)19-23-17-7-2-3-8-18(17)24(19)20(26)16(12)11-22-13-5-4-6-14(25)9-13/h2-9,11,22,25H,1H3/b16-11+. The normalized spacial score (nSPS) is 11.8. The number of aromatic nitrogens is 2. The molecule has 0 aliphatic heterocycles. The molecule has 0 radical (unpaired) electrons. The molecule has 2 aromatic heterocycles. The molecule has 0 spiro atoms. The minimum atomic E-state index is -0.252. The number of nitrogens with one attached hydrogen (secondary N) is 1. The molecule has 4 aromatic rings. The van der Waals surface area contributed by atoms with Crippen LogP contribution in [0.4, 0.5) is 5.69 Å². The third kappa shape index (κ3) is 2.34. The number of phenolic OH excluding ortho intramolecular Hbond substituents is 1. The maximum atomic E-state index is 13.1. The van der Waals surface area contributed by atoms with Gasteiger partial charge < -0.3 is 10.4 Å². The summed E-state index contributed by atoms with van der Waals surface area (Å²) < 4.78 is 1.47. The van der Waals surface area contributed by atoms with E-state index in [-0.39, 0.29) is 11.3 Å². The van der Waals surface area contributed by atoms with Gasteiger partial charge in [-0.2, -0.15) is 5.26 Å². The van der Waals surface area contributed by atoms with Crippen molar-refractivity contribution in [1.29, 1.82) is 5.26 Å². The lowest BCUT2D eigenvalue weighted by atomic mass is 10.1. The lowest BCUT2D eigenvalue weighted by Gasteiger charge is -2.04. The van der Waals surface area contributed by atoms with E-state index in [4.69, 9.17) is 0 Å². The van der Waals surface area contributed by atoms with Crippen LogP contribution in [0.5, 0.6) is 5.75 Å². The number of anilines is 1. The van der Waals surface area contributed by atoms with Gasteiger partial charge >= 0.3 is 0 Å². The Balaban J connectivity index is 2.03. The number of phenols is 1. The van der Waals surface area contributed by atoms with Gasteiger partial charge in [-0.15, -0.1) is 0 Å². The van der Waals surface area contributed by atoms with Crippen molar-refractivity contribution in [2.24, 2.45) is 0 Å². The topological polar surface area (TPSA) is 90.4 Å². The molecule has 6 heteroatoms. The lowest BCUT2D eigenvalue weighted by Crippen LogP contribution is -2.34. The number of para-hydroxylation sites is 2. The number of benzene rings is 2. The van der Waals surface area contributed by atoms with Crippen molar-refractivity contribution in [3.8, 4) is 11.8 Å². The summed E-state index contributed by atoms with van der Waals surface area (Å²) in [6.45, 7) is 1.73. The highest BCUT2D eigenvalue weighted by molar-refractivity contribution is 5.82. The summed E-state index contributed by atoms with van der Waals surface area (Å²) in [7, 11) is 0. The molecule has 0 fully saturated rings. The zero-order valence-electron chi connectivity index (χ0n) is 13.9. The van der Waals surface area contributed by atoms with E-state index in [9.17, 15) is 15.2 Å². The fraction of sp³-hybridized carbons (Fsp3) is 0.0500. The molecule has 6 nitrogen and oxygen atoms in total. The van der Waals surface area contributed by atoms with Crippen LogP contribution in [0.1, 0.15) is 11.1 Å². The first-order chi connectivity index (χ1) is 12.6. The highest BCUT2D eigenvalue weighted by Gasteiger charge is 2.15. The van der Waals surface area contributed by atoms with E-state index < -0.39 is 0 Å². The van der Waals surface area contributed by atoms with E-state index in [0.717, 1.165) is 0 Å². The number of hydrogen-bond acceptors (Lipinski definition) is 5. The maximum Gasteiger partial charge on any atom is 0.265 e. The van der Waals surface area contributed by atoms with Gasteiger partial charge in [-0.3, -0.25) is 9.20 Å². The van der Waals surface area contributed by atoms with Crippen LogP contribution in [0.2, 0.25) is 0 Å². The molecule has 0 amide bonds. The van der Waals surface area contributed by atoms with Gasteiger partial charge in [-0.05, 0) is 36.8 Å². The molecule has 2 N–H and O–H groups in total. The van der Waals surface area contributed by atoms with E-state index in [0.29, 0.717) is 38.7 Å². The Bertz CT molecular complexity index is 1320. The van der Waals surface area contributed by atoms with Gasteiger partial charge in [0.1, 0.15) is 11.8 Å². The van der Waals surface area contributed by atoms with Crippen molar-refractivity contribution in [2.45, 2.75) is 6.92 Å². The number of nitrogens with zero attached hydrogens (tertiary/aromatic N) is 3. The molecule has 0 bridgehead atoms. The van der Waals surface area contributed by atoms with Crippen LogP contribution in [-0.4, -0.2) is 14.5 Å². The van der Waals surface area contributed by atoms with E-state index in [1.165, 1.54) is 4.40 Å². The second-order valence-corrected chi connectivity index (χ2v) is 5.93. The smallest absolute Gasteiger partial charge is 0.265 e. The van der Waals surface area contributed by atoms with Crippen molar-refractivity contribution in [3.63, 3.8) is 0 Å². The largest absolute Gasteiger partial charge is 0.508 e. The van der Waals surface area contributed by atoms with Crippen LogP contribution < -0.4 is 16.1 Å². The molecular weight excluding hydrogens is 328 g/mol. The molecule has 126 valence electrons. The van der Waals surface area contributed by atoms with Crippen LogP contribution in [0.25, 0.3) is 22.9 Å². The number of rotatable bonds is 2. The quantitative estimate of drug-likeness (QED) is 0.583. The molecular formula is C20H14N4O2. The molecule has 0 aliphatic rings. The van der Waals surface area contributed by atoms with Gasteiger partial charge in [0.05, 0.1) is 21.8 Å². The van der Waals surface area contributed by atoms with Crippen LogP contribution in [-0.2, 0) is 0 Å². The SMILES string of the molecule is Cc1c(C#N)c2nc3ccccc3n2c(=O)/c1=C/Nc1cccc(O)c1. The zero-order chi connectivity index (χ0) is 18.3. The first-order valence-electron chi connectivity index (χ1n) is 8.00. The fourth-order valence-corrected chi connectivity index (χ4v) is 3.04. The van der Waals surface area contributed by atoms with Gasteiger partial charge in [0.2, 0.25) is 0 Å². The summed E-state index contributed by atoms with van der Waals surface area (Å²) in [4.78, 5) is 17.5. The van der Waals surface area contributed by atoms with Crippen LogP contribution in [0, 0.1) is 18.3 Å². The summed E-state index contributed by atoms with van der Waals surface area (Å²) in [6, 6.07) is 16.0. The number of fused-ring (bicyclic) bond motifs is 3. The van der Waals surface area contributed by atoms with Crippen molar-refractivity contribution < 1.29 is 5.11 Å². The van der Waals surface area contributed by atoms with E-state index >= 15 is 0 Å². The number of hydrogen-bond donors (Lipinski definition) is 2. The minimum Gasteiger partial charge on any atom is -0.508 e. The molecule has 2 heterocycles. The maximum absolute atomic E-state index is 13.1. The third-order valence-electron chi connectivity index (χ3n) is 4.34. The Morgan fingerprint density at radius 1 is 1.23 bits per heavy atom.